The molecule has 1 atom stereocenters. The third kappa shape index (κ3) is 5.22. The van der Waals surface area contributed by atoms with Crippen LogP contribution >= 0.6 is 0 Å². The van der Waals surface area contributed by atoms with Gasteiger partial charge in [-0.05, 0) is 13.8 Å². The fourth-order valence-corrected chi connectivity index (χ4v) is 2.11. The van der Waals surface area contributed by atoms with Crippen molar-refractivity contribution in [3.63, 3.8) is 0 Å². The summed E-state index contributed by atoms with van der Waals surface area (Å²) in [7, 11) is 0. The van der Waals surface area contributed by atoms with Crippen LogP contribution in [0.2, 0.25) is 0 Å². The zero-order valence-electron chi connectivity index (χ0n) is 12.5. The van der Waals surface area contributed by atoms with E-state index in [4.69, 9.17) is 9.84 Å². The summed E-state index contributed by atoms with van der Waals surface area (Å²) in [6.07, 6.45) is -0.748. The van der Waals surface area contributed by atoms with Crippen LogP contribution in [0.1, 0.15) is 20.3 Å². The van der Waals surface area contributed by atoms with Crippen LogP contribution in [0.3, 0.4) is 0 Å². The van der Waals surface area contributed by atoms with E-state index < -0.39 is 12.1 Å². The first-order valence-corrected chi connectivity index (χ1v) is 7.14. The maximum atomic E-state index is 11.9. The van der Waals surface area contributed by atoms with E-state index in [2.05, 4.69) is 5.32 Å². The van der Waals surface area contributed by atoms with Crippen LogP contribution in [-0.2, 0) is 14.3 Å². The smallest absolute Gasteiger partial charge is 0.334 e. The predicted octanol–water partition coefficient (Wildman–Crippen LogP) is -0.260. The highest BCUT2D eigenvalue weighted by molar-refractivity contribution is 5.79. The average molecular weight is 301 g/mol. The van der Waals surface area contributed by atoms with Crippen molar-refractivity contribution < 1.29 is 24.2 Å². The van der Waals surface area contributed by atoms with Crippen molar-refractivity contribution in [3.8, 4) is 0 Å². The van der Waals surface area contributed by atoms with E-state index in [-0.39, 0.29) is 38.1 Å². The minimum Gasteiger partial charge on any atom is -0.479 e. The molecule has 8 heteroatoms. The van der Waals surface area contributed by atoms with Crippen LogP contribution in [0, 0.1) is 0 Å². The lowest BCUT2D eigenvalue weighted by molar-refractivity contribution is -0.154. The maximum absolute atomic E-state index is 11.9. The maximum Gasteiger partial charge on any atom is 0.334 e. The summed E-state index contributed by atoms with van der Waals surface area (Å²) in [5, 5.41) is 11.5. The van der Waals surface area contributed by atoms with Crippen molar-refractivity contribution in [1.82, 2.24) is 15.1 Å². The third-order valence-corrected chi connectivity index (χ3v) is 3.36. The molecule has 3 amide bonds. The molecule has 1 fully saturated rings. The lowest BCUT2D eigenvalue weighted by Crippen LogP contribution is -2.52. The molecule has 1 unspecified atom stereocenters. The summed E-state index contributed by atoms with van der Waals surface area (Å²) in [6.45, 7) is 5.90. The molecular formula is C13H23N3O5. The topological polar surface area (TPSA) is 99.2 Å². The number of nitrogens with one attached hydrogen (secondary N) is 1. The van der Waals surface area contributed by atoms with Crippen molar-refractivity contribution in [2.24, 2.45) is 0 Å². The summed E-state index contributed by atoms with van der Waals surface area (Å²) in [6, 6.07) is -0.364. The van der Waals surface area contributed by atoms with Crippen molar-refractivity contribution in [3.05, 3.63) is 0 Å². The number of ether oxygens (including phenoxy) is 1. The number of amides is 3. The summed E-state index contributed by atoms with van der Waals surface area (Å²) in [5.41, 5.74) is 0. The number of rotatable bonds is 6. The van der Waals surface area contributed by atoms with Gasteiger partial charge in [-0.1, -0.05) is 0 Å². The molecule has 0 aromatic carbocycles. The predicted molar refractivity (Wildman–Crippen MR) is 74.9 cm³/mol. The number of nitrogens with zero attached hydrogens (tertiary/aromatic N) is 2. The number of carbonyl (C=O) groups excluding carboxylic acids is 2. The Kier molecular flexibility index (Phi) is 6.93. The van der Waals surface area contributed by atoms with Gasteiger partial charge in [-0.15, -0.1) is 0 Å². The van der Waals surface area contributed by atoms with Crippen LogP contribution in [0.15, 0.2) is 0 Å². The number of hydrogen-bond acceptors (Lipinski definition) is 4. The largest absolute Gasteiger partial charge is 0.479 e. The first-order valence-electron chi connectivity index (χ1n) is 7.14. The Morgan fingerprint density at radius 2 is 2.00 bits per heavy atom. The van der Waals surface area contributed by atoms with E-state index >= 15 is 0 Å². The van der Waals surface area contributed by atoms with Crippen LogP contribution in [0.25, 0.3) is 0 Å². The first kappa shape index (κ1) is 17.2. The number of carboxylic acids is 1. The number of carbonyl (C=O) groups is 3. The molecule has 0 aliphatic carbocycles. The van der Waals surface area contributed by atoms with Gasteiger partial charge in [-0.25, -0.2) is 9.59 Å². The molecule has 0 saturated carbocycles. The van der Waals surface area contributed by atoms with Gasteiger partial charge < -0.3 is 25.0 Å². The van der Waals surface area contributed by atoms with Gasteiger partial charge in [0.2, 0.25) is 5.91 Å². The number of urea groups is 1. The second kappa shape index (κ2) is 8.46. The zero-order valence-corrected chi connectivity index (χ0v) is 12.5. The van der Waals surface area contributed by atoms with Crippen LogP contribution < -0.4 is 5.32 Å². The molecule has 0 radical (unpaired) electrons. The SMILES string of the molecule is CCN(CC)C(=O)CCNC(=O)N1CCOC(C(=O)O)C1. The van der Waals surface area contributed by atoms with E-state index in [1.165, 1.54) is 4.90 Å². The van der Waals surface area contributed by atoms with Crippen molar-refractivity contribution in [1.29, 1.82) is 0 Å². The van der Waals surface area contributed by atoms with Crippen molar-refractivity contribution in [2.75, 3.05) is 39.3 Å². The third-order valence-electron chi connectivity index (χ3n) is 3.36. The molecule has 120 valence electrons. The fourth-order valence-electron chi connectivity index (χ4n) is 2.11. The van der Waals surface area contributed by atoms with E-state index in [0.29, 0.717) is 19.6 Å². The van der Waals surface area contributed by atoms with Gasteiger partial charge in [0.25, 0.3) is 0 Å². The Balaban J connectivity index is 2.33. The second-order valence-corrected chi connectivity index (χ2v) is 4.69. The lowest BCUT2D eigenvalue weighted by atomic mass is 10.3. The van der Waals surface area contributed by atoms with E-state index in [1.54, 1.807) is 4.90 Å². The number of hydrogen-bond donors (Lipinski definition) is 2. The molecule has 0 aromatic rings. The highest BCUT2D eigenvalue weighted by Gasteiger charge is 2.28. The van der Waals surface area contributed by atoms with E-state index in [1.807, 2.05) is 13.8 Å². The molecule has 0 bridgehead atoms. The van der Waals surface area contributed by atoms with Gasteiger partial charge in [-0.2, -0.15) is 0 Å². The highest BCUT2D eigenvalue weighted by atomic mass is 16.5. The highest BCUT2D eigenvalue weighted by Crippen LogP contribution is 2.05. The molecule has 1 rings (SSSR count). The monoisotopic (exact) mass is 301 g/mol. The summed E-state index contributed by atoms with van der Waals surface area (Å²) in [5.74, 6) is -1.09. The molecule has 1 aliphatic rings. The minimum absolute atomic E-state index is 0.00862. The average Bonchev–Trinajstić information content (AvgIpc) is 2.48. The zero-order chi connectivity index (χ0) is 15.8. The van der Waals surface area contributed by atoms with Gasteiger partial charge in [0, 0.05) is 32.6 Å². The Labute approximate surface area is 124 Å². The number of carboxylic acid groups (broad SMARTS) is 1. The Morgan fingerprint density at radius 3 is 2.57 bits per heavy atom. The fraction of sp³-hybridized carbons (Fsp3) is 0.769. The van der Waals surface area contributed by atoms with Gasteiger partial charge >= 0.3 is 12.0 Å². The van der Waals surface area contributed by atoms with Gasteiger partial charge in [0.15, 0.2) is 6.10 Å². The van der Waals surface area contributed by atoms with E-state index in [9.17, 15) is 14.4 Å². The molecule has 1 saturated heterocycles. The molecule has 8 nitrogen and oxygen atoms in total. The van der Waals surface area contributed by atoms with Crippen LogP contribution in [0.4, 0.5) is 4.79 Å². The quantitative estimate of drug-likeness (QED) is 0.704. The molecule has 2 N–H and O–H groups in total. The summed E-state index contributed by atoms with van der Waals surface area (Å²) >= 11 is 0. The van der Waals surface area contributed by atoms with Crippen molar-refractivity contribution >= 4 is 17.9 Å². The van der Waals surface area contributed by atoms with Gasteiger partial charge in [-0.3, -0.25) is 4.79 Å². The van der Waals surface area contributed by atoms with Gasteiger partial charge in [0.1, 0.15) is 0 Å². The Morgan fingerprint density at radius 1 is 1.33 bits per heavy atom. The molecule has 0 aromatic heterocycles. The Hall–Kier alpha value is -1.83. The normalized spacial score (nSPS) is 18.2. The molecule has 21 heavy (non-hydrogen) atoms. The second-order valence-electron chi connectivity index (χ2n) is 4.69. The lowest BCUT2D eigenvalue weighted by Gasteiger charge is -2.30. The molecule has 0 spiro atoms. The molecule has 1 heterocycles. The Bertz CT molecular complexity index is 384. The van der Waals surface area contributed by atoms with Crippen LogP contribution in [-0.4, -0.2) is 78.2 Å². The molecule has 1 aliphatic heterocycles. The summed E-state index contributed by atoms with van der Waals surface area (Å²) < 4.78 is 5.04. The van der Waals surface area contributed by atoms with Gasteiger partial charge in [0.05, 0.1) is 13.2 Å². The minimum atomic E-state index is -1.08. The van der Waals surface area contributed by atoms with E-state index in [0.717, 1.165) is 0 Å². The summed E-state index contributed by atoms with van der Waals surface area (Å²) in [4.78, 5) is 37.6. The standard InChI is InChI=1S/C13H23N3O5/c1-3-15(4-2)11(17)5-6-14-13(20)16-7-8-21-10(9-16)12(18)19/h10H,3-9H2,1-2H3,(H,14,20)(H,18,19). The number of morpholine rings is 1. The van der Waals surface area contributed by atoms with Crippen molar-refractivity contribution in [2.45, 2.75) is 26.4 Å². The first-order chi connectivity index (χ1) is 9.99. The van der Waals surface area contributed by atoms with Crippen LogP contribution in [0.5, 0.6) is 0 Å². The molecular weight excluding hydrogens is 278 g/mol. The number of aliphatic carboxylic acids is 1.